The van der Waals surface area contributed by atoms with Crippen LogP contribution in [0.25, 0.3) is 44.5 Å². The van der Waals surface area contributed by atoms with Crippen LogP contribution < -0.4 is 4.90 Å². The molecule has 1 atom stereocenters. The van der Waals surface area contributed by atoms with Gasteiger partial charge in [0, 0.05) is 54.1 Å². The zero-order valence-electron chi connectivity index (χ0n) is 25.8. The van der Waals surface area contributed by atoms with Crippen molar-refractivity contribution in [3.05, 3.63) is 60.8 Å². The fourth-order valence-corrected chi connectivity index (χ4v) is 6.70. The van der Waals surface area contributed by atoms with Crippen LogP contribution in [0.5, 0.6) is 0 Å². The first-order valence-electron chi connectivity index (χ1n) is 15.0. The van der Waals surface area contributed by atoms with Crippen LogP contribution in [0.1, 0.15) is 50.6 Å². The third-order valence-corrected chi connectivity index (χ3v) is 9.00. The standard InChI is InChI=1S/C31H30N8O.C2HF3O2/c1-19(10-13-32)39-18-22(14-35-39)20-6-8-21(9-7-20)25-26-27-24(38(3)30(40)31(27)11-4-5-12-31)16-33-29(26)36-28(25)23-15-34-37(2)17-23;3-2(4,5)1(6)7/h6-9,14-19H,4-5,10-12H2,1-3H3,(H,33,36);(H,6,7). The van der Waals surface area contributed by atoms with Crippen molar-refractivity contribution in [2.75, 3.05) is 11.9 Å². The summed E-state index contributed by atoms with van der Waals surface area (Å²) in [5.41, 5.74) is 8.38. The van der Waals surface area contributed by atoms with Crippen LogP contribution in [-0.4, -0.2) is 59.7 Å². The molecule has 2 aliphatic rings. The van der Waals surface area contributed by atoms with E-state index in [1.807, 2.05) is 61.6 Å². The predicted octanol–water partition coefficient (Wildman–Crippen LogP) is 6.39. The number of carboxylic acid groups (broad SMARTS) is 1. The van der Waals surface area contributed by atoms with Gasteiger partial charge in [-0.05, 0) is 30.9 Å². The average molecular weight is 645 g/mol. The number of carboxylic acids is 1. The zero-order valence-corrected chi connectivity index (χ0v) is 25.8. The number of carbonyl (C=O) groups excluding carboxylic acids is 1. The van der Waals surface area contributed by atoms with Crippen molar-refractivity contribution in [2.45, 2.75) is 56.7 Å². The van der Waals surface area contributed by atoms with Crippen LogP contribution >= 0.6 is 0 Å². The summed E-state index contributed by atoms with van der Waals surface area (Å²) in [6, 6.07) is 10.7. The molecule has 0 radical (unpaired) electrons. The van der Waals surface area contributed by atoms with Crippen LogP contribution in [-0.2, 0) is 22.1 Å². The lowest BCUT2D eigenvalue weighted by molar-refractivity contribution is -0.192. The first-order valence-corrected chi connectivity index (χ1v) is 15.0. The van der Waals surface area contributed by atoms with E-state index in [2.05, 4.69) is 45.5 Å². The molecule has 47 heavy (non-hydrogen) atoms. The van der Waals surface area contributed by atoms with Gasteiger partial charge in [0.05, 0.1) is 53.9 Å². The Morgan fingerprint density at radius 3 is 2.28 bits per heavy atom. The number of aromatic amines is 1. The molecule has 5 heterocycles. The van der Waals surface area contributed by atoms with Crippen LogP contribution in [0.15, 0.2) is 55.2 Å². The van der Waals surface area contributed by atoms with Gasteiger partial charge in [-0.15, -0.1) is 0 Å². The van der Waals surface area contributed by atoms with Crippen molar-refractivity contribution >= 4 is 28.6 Å². The molecule has 0 bridgehead atoms. The van der Waals surface area contributed by atoms with Crippen molar-refractivity contribution in [2.24, 2.45) is 7.05 Å². The normalized spacial score (nSPS) is 15.9. The van der Waals surface area contributed by atoms with Crippen molar-refractivity contribution in [3.8, 4) is 39.6 Å². The summed E-state index contributed by atoms with van der Waals surface area (Å²) in [5.74, 6) is -2.57. The van der Waals surface area contributed by atoms with Crippen molar-refractivity contribution < 1.29 is 27.9 Å². The third kappa shape index (κ3) is 5.41. The average Bonchev–Trinajstić information content (AvgIpc) is 3.87. The summed E-state index contributed by atoms with van der Waals surface area (Å²) in [7, 11) is 3.79. The zero-order chi connectivity index (χ0) is 33.7. The highest BCUT2D eigenvalue weighted by molar-refractivity contribution is 6.16. The number of halogens is 3. The third-order valence-electron chi connectivity index (χ3n) is 9.00. The molecule has 11 nitrogen and oxygen atoms in total. The molecule has 2 N–H and O–H groups in total. The van der Waals surface area contributed by atoms with Gasteiger partial charge in [-0.25, -0.2) is 9.78 Å². The highest BCUT2D eigenvalue weighted by atomic mass is 19.4. The SMILES string of the molecule is CC(CC#N)n1cc(-c2ccc(-c3c(-c4cnn(C)c4)[nH]c4ncc5c(c34)C3(CCCC3)C(=O)N5C)cc2)cn1.O=C(O)C(F)(F)F. The number of nitrogens with one attached hydrogen (secondary N) is 1. The number of anilines is 1. The van der Waals surface area contributed by atoms with Gasteiger partial charge in [0.15, 0.2) is 0 Å². The second-order valence-corrected chi connectivity index (χ2v) is 12.0. The summed E-state index contributed by atoms with van der Waals surface area (Å²) >= 11 is 0. The number of amides is 1. The molecule has 4 aromatic heterocycles. The summed E-state index contributed by atoms with van der Waals surface area (Å²) in [5, 5.41) is 26.1. The van der Waals surface area contributed by atoms with E-state index in [0.29, 0.717) is 6.42 Å². The molecule has 1 amide bonds. The van der Waals surface area contributed by atoms with E-state index in [4.69, 9.17) is 20.1 Å². The number of rotatable bonds is 5. The van der Waals surface area contributed by atoms with Gasteiger partial charge in [-0.2, -0.15) is 28.6 Å². The number of alkyl halides is 3. The number of aromatic nitrogens is 6. The molecular formula is C33H31F3N8O3. The largest absolute Gasteiger partial charge is 0.490 e. The van der Waals surface area contributed by atoms with Crippen LogP contribution in [0.4, 0.5) is 18.9 Å². The first-order chi connectivity index (χ1) is 22.4. The Kier molecular flexibility index (Phi) is 7.87. The number of benzene rings is 1. The van der Waals surface area contributed by atoms with Gasteiger partial charge in [0.1, 0.15) is 5.65 Å². The Morgan fingerprint density at radius 1 is 1.04 bits per heavy atom. The topological polar surface area (TPSA) is 146 Å². The molecule has 0 saturated heterocycles. The molecule has 1 aromatic carbocycles. The van der Waals surface area contributed by atoms with Gasteiger partial charge < -0.3 is 15.0 Å². The van der Waals surface area contributed by atoms with E-state index in [1.165, 1.54) is 0 Å². The van der Waals surface area contributed by atoms with Crippen LogP contribution in [0, 0.1) is 11.3 Å². The van der Waals surface area contributed by atoms with Gasteiger partial charge in [0.2, 0.25) is 5.91 Å². The maximum absolute atomic E-state index is 13.7. The summed E-state index contributed by atoms with van der Waals surface area (Å²) in [6.45, 7) is 1.99. The van der Waals surface area contributed by atoms with E-state index in [-0.39, 0.29) is 11.9 Å². The number of pyridine rings is 1. The molecule has 1 saturated carbocycles. The highest BCUT2D eigenvalue weighted by Gasteiger charge is 2.53. The van der Waals surface area contributed by atoms with Gasteiger partial charge in [-0.1, -0.05) is 37.1 Å². The number of fused-ring (bicyclic) bond motifs is 4. The number of hydrogen-bond acceptors (Lipinski definition) is 6. The molecule has 1 spiro atoms. The molecule has 1 aliphatic carbocycles. The number of aryl methyl sites for hydroxylation is 1. The summed E-state index contributed by atoms with van der Waals surface area (Å²) in [6.07, 6.45) is 8.71. The van der Waals surface area contributed by atoms with Crippen molar-refractivity contribution in [3.63, 3.8) is 0 Å². The number of carbonyl (C=O) groups is 2. The van der Waals surface area contributed by atoms with Gasteiger partial charge in [-0.3, -0.25) is 14.2 Å². The number of nitrogens with zero attached hydrogens (tertiary/aromatic N) is 7. The van der Waals surface area contributed by atoms with E-state index in [0.717, 1.165) is 81.5 Å². The molecule has 1 unspecified atom stereocenters. The van der Waals surface area contributed by atoms with Gasteiger partial charge >= 0.3 is 12.1 Å². The van der Waals surface area contributed by atoms with E-state index in [1.54, 1.807) is 4.68 Å². The minimum absolute atomic E-state index is 0.0182. The van der Waals surface area contributed by atoms with E-state index < -0.39 is 17.6 Å². The summed E-state index contributed by atoms with van der Waals surface area (Å²) in [4.78, 5) is 32.8. The Hall–Kier alpha value is -5.45. The van der Waals surface area contributed by atoms with E-state index >= 15 is 0 Å². The van der Waals surface area contributed by atoms with Crippen molar-refractivity contribution in [1.29, 1.82) is 5.26 Å². The molecule has 5 aromatic rings. The lowest BCUT2D eigenvalue weighted by Gasteiger charge is -2.22. The monoisotopic (exact) mass is 644 g/mol. The highest BCUT2D eigenvalue weighted by Crippen LogP contribution is 2.55. The van der Waals surface area contributed by atoms with Crippen LogP contribution in [0.3, 0.4) is 0 Å². The Bertz CT molecular complexity index is 2030. The minimum Gasteiger partial charge on any atom is -0.475 e. The fraction of sp³-hybridized carbons (Fsp3) is 0.333. The minimum atomic E-state index is -5.08. The lowest BCUT2D eigenvalue weighted by Crippen LogP contribution is -2.36. The Morgan fingerprint density at radius 2 is 1.68 bits per heavy atom. The number of hydrogen-bond donors (Lipinski definition) is 2. The van der Waals surface area contributed by atoms with Gasteiger partial charge in [0.25, 0.3) is 0 Å². The Labute approximate surface area is 267 Å². The number of H-pyrrole nitrogens is 1. The number of nitriles is 1. The summed E-state index contributed by atoms with van der Waals surface area (Å²) < 4.78 is 35.4. The molecule has 242 valence electrons. The second kappa shape index (κ2) is 11.7. The lowest BCUT2D eigenvalue weighted by atomic mass is 9.78. The molecule has 1 fully saturated rings. The molecule has 7 rings (SSSR count). The predicted molar refractivity (Wildman–Crippen MR) is 167 cm³/mol. The molecule has 1 aliphatic heterocycles. The maximum atomic E-state index is 13.7. The van der Waals surface area contributed by atoms with E-state index in [9.17, 15) is 18.0 Å². The molecule has 14 heteroatoms. The quantitative estimate of drug-likeness (QED) is 0.225. The molecular weight excluding hydrogens is 613 g/mol. The second-order valence-electron chi connectivity index (χ2n) is 12.0. The maximum Gasteiger partial charge on any atom is 0.490 e. The Balaban J connectivity index is 0.000000499. The van der Waals surface area contributed by atoms with Crippen molar-refractivity contribution in [1.82, 2.24) is 29.5 Å². The first kappa shape index (κ1) is 31.5. The van der Waals surface area contributed by atoms with Crippen LogP contribution in [0.2, 0.25) is 0 Å². The number of likely N-dealkylation sites (N-methyl/N-ethyl adjacent to an activating group) is 1. The number of aliphatic carboxylic acids is 1. The smallest absolute Gasteiger partial charge is 0.475 e. The fourth-order valence-electron chi connectivity index (χ4n) is 6.70.